The number of pyridine rings is 1. The van der Waals surface area contributed by atoms with Gasteiger partial charge in [0.2, 0.25) is 11.6 Å². The summed E-state index contributed by atoms with van der Waals surface area (Å²) in [7, 11) is 0. The summed E-state index contributed by atoms with van der Waals surface area (Å²) in [6.07, 6.45) is 0. The van der Waals surface area contributed by atoms with E-state index in [4.69, 9.17) is 0 Å². The van der Waals surface area contributed by atoms with E-state index >= 15 is 0 Å². The summed E-state index contributed by atoms with van der Waals surface area (Å²) >= 11 is 0. The molecule has 1 atom stereocenters. The minimum atomic E-state index is -1.65. The van der Waals surface area contributed by atoms with Crippen LogP contribution in [0.4, 0.5) is 23.2 Å². The van der Waals surface area contributed by atoms with Gasteiger partial charge >= 0.3 is 0 Å². The highest BCUT2D eigenvalue weighted by Gasteiger charge is 2.23. The minimum Gasteiger partial charge on any atom is -0.378 e. The number of piperazine rings is 1. The minimum absolute atomic E-state index is 0.0166. The molecular formula is C14H20F4N4. The third-order valence-corrected chi connectivity index (χ3v) is 4.05. The Morgan fingerprint density at radius 3 is 2.09 bits per heavy atom. The van der Waals surface area contributed by atoms with Gasteiger partial charge in [-0.15, -0.1) is 0 Å². The molecule has 2 rings (SSSR count). The second kappa shape index (κ2) is 7.23. The van der Waals surface area contributed by atoms with Crippen molar-refractivity contribution in [3.63, 3.8) is 0 Å². The highest BCUT2D eigenvalue weighted by Crippen LogP contribution is 2.22. The Labute approximate surface area is 127 Å². The van der Waals surface area contributed by atoms with Crippen LogP contribution in [0.15, 0.2) is 0 Å². The molecule has 1 aliphatic rings. The molecule has 1 aliphatic heterocycles. The number of anilines is 1. The first-order valence-electron chi connectivity index (χ1n) is 7.34. The lowest BCUT2D eigenvalue weighted by molar-refractivity contribution is 0.110. The Morgan fingerprint density at radius 1 is 1.05 bits per heavy atom. The maximum Gasteiger partial charge on any atom is 0.253 e. The van der Waals surface area contributed by atoms with Crippen molar-refractivity contribution in [1.29, 1.82) is 0 Å². The molecule has 0 saturated carbocycles. The SMILES string of the molecule is CCN1CCN([C@@H](C)CNc2c(F)c(F)nc(F)c2F)CC1. The largest absolute Gasteiger partial charge is 0.378 e. The van der Waals surface area contributed by atoms with Crippen molar-refractivity contribution in [2.75, 3.05) is 44.6 Å². The molecule has 0 aliphatic carbocycles. The van der Waals surface area contributed by atoms with E-state index in [1.165, 1.54) is 0 Å². The van der Waals surface area contributed by atoms with Crippen molar-refractivity contribution in [2.45, 2.75) is 19.9 Å². The van der Waals surface area contributed by atoms with Gasteiger partial charge in [0.25, 0.3) is 11.9 Å². The molecule has 1 aromatic heterocycles. The Balaban J connectivity index is 1.96. The number of aromatic nitrogens is 1. The second-order valence-electron chi connectivity index (χ2n) is 5.40. The van der Waals surface area contributed by atoms with Crippen molar-refractivity contribution < 1.29 is 17.6 Å². The van der Waals surface area contributed by atoms with Crippen LogP contribution in [0.1, 0.15) is 13.8 Å². The maximum atomic E-state index is 13.5. The lowest BCUT2D eigenvalue weighted by atomic mass is 10.2. The van der Waals surface area contributed by atoms with Crippen LogP contribution in [-0.2, 0) is 0 Å². The highest BCUT2D eigenvalue weighted by molar-refractivity contribution is 5.45. The average molecular weight is 320 g/mol. The van der Waals surface area contributed by atoms with Crippen LogP contribution < -0.4 is 5.32 Å². The van der Waals surface area contributed by atoms with Gasteiger partial charge in [-0.1, -0.05) is 6.92 Å². The zero-order valence-corrected chi connectivity index (χ0v) is 12.7. The Morgan fingerprint density at radius 2 is 1.59 bits per heavy atom. The molecule has 0 spiro atoms. The molecule has 4 nitrogen and oxygen atoms in total. The monoisotopic (exact) mass is 320 g/mol. The van der Waals surface area contributed by atoms with Gasteiger partial charge in [0.15, 0.2) is 0 Å². The van der Waals surface area contributed by atoms with E-state index in [2.05, 4.69) is 27.0 Å². The molecule has 2 heterocycles. The Kier molecular flexibility index (Phi) is 5.57. The van der Waals surface area contributed by atoms with E-state index < -0.39 is 29.2 Å². The van der Waals surface area contributed by atoms with Gasteiger partial charge < -0.3 is 10.2 Å². The molecule has 1 fully saturated rings. The standard InChI is InChI=1S/C14H20F4N4/c1-3-21-4-6-22(7-5-21)9(2)8-19-12-10(15)13(17)20-14(18)11(12)16/h9H,3-8H2,1-2H3,(H,19,20)/t9-/m0/s1. The Bertz CT molecular complexity index is 492. The summed E-state index contributed by atoms with van der Waals surface area (Å²) < 4.78 is 53.1. The zero-order chi connectivity index (χ0) is 16.3. The molecule has 0 unspecified atom stereocenters. The summed E-state index contributed by atoms with van der Waals surface area (Å²) in [6, 6.07) is -0.0166. The van der Waals surface area contributed by atoms with Crippen LogP contribution in [0, 0.1) is 23.5 Å². The molecule has 0 radical (unpaired) electrons. The molecule has 1 N–H and O–H groups in total. The molecule has 22 heavy (non-hydrogen) atoms. The van der Waals surface area contributed by atoms with Gasteiger partial charge in [-0.3, -0.25) is 4.90 Å². The molecule has 0 aromatic carbocycles. The van der Waals surface area contributed by atoms with Crippen LogP contribution >= 0.6 is 0 Å². The molecule has 0 amide bonds. The lowest BCUT2D eigenvalue weighted by Crippen LogP contribution is -2.51. The van der Waals surface area contributed by atoms with Crippen molar-refractivity contribution in [2.24, 2.45) is 0 Å². The molecule has 0 bridgehead atoms. The molecular weight excluding hydrogens is 300 g/mol. The highest BCUT2D eigenvalue weighted by atomic mass is 19.2. The van der Waals surface area contributed by atoms with E-state index in [9.17, 15) is 17.6 Å². The van der Waals surface area contributed by atoms with Crippen LogP contribution in [0.5, 0.6) is 0 Å². The van der Waals surface area contributed by atoms with E-state index in [0.29, 0.717) is 0 Å². The van der Waals surface area contributed by atoms with E-state index in [1.54, 1.807) is 0 Å². The predicted molar refractivity (Wildman–Crippen MR) is 75.7 cm³/mol. The van der Waals surface area contributed by atoms with Gasteiger partial charge in [-0.25, -0.2) is 0 Å². The summed E-state index contributed by atoms with van der Waals surface area (Å²) in [5.74, 6) is -6.29. The number of halogens is 4. The fourth-order valence-electron chi connectivity index (χ4n) is 2.54. The summed E-state index contributed by atoms with van der Waals surface area (Å²) in [5.41, 5.74) is -0.802. The molecule has 1 aromatic rings. The van der Waals surface area contributed by atoms with E-state index in [1.807, 2.05) is 6.92 Å². The first kappa shape index (κ1) is 17.0. The van der Waals surface area contributed by atoms with Crippen molar-refractivity contribution in [3.05, 3.63) is 23.5 Å². The van der Waals surface area contributed by atoms with Crippen LogP contribution in [0.25, 0.3) is 0 Å². The number of likely N-dealkylation sites (N-methyl/N-ethyl adjacent to an activating group) is 1. The molecule has 8 heteroatoms. The fourth-order valence-corrected chi connectivity index (χ4v) is 2.54. The Hall–Kier alpha value is -1.41. The first-order valence-corrected chi connectivity index (χ1v) is 7.34. The molecule has 124 valence electrons. The van der Waals surface area contributed by atoms with Crippen LogP contribution in [0.3, 0.4) is 0 Å². The van der Waals surface area contributed by atoms with E-state index in [0.717, 1.165) is 32.7 Å². The summed E-state index contributed by atoms with van der Waals surface area (Å²) in [4.78, 5) is 7.01. The fraction of sp³-hybridized carbons (Fsp3) is 0.643. The number of rotatable bonds is 5. The topological polar surface area (TPSA) is 31.4 Å². The predicted octanol–water partition coefficient (Wildman–Crippen LogP) is 2.08. The quantitative estimate of drug-likeness (QED) is 0.665. The van der Waals surface area contributed by atoms with Crippen molar-refractivity contribution >= 4 is 5.69 Å². The number of hydrogen-bond donors (Lipinski definition) is 1. The summed E-state index contributed by atoms with van der Waals surface area (Å²) in [6.45, 7) is 8.73. The normalized spacial score (nSPS) is 18.5. The van der Waals surface area contributed by atoms with Gasteiger partial charge in [-0.05, 0) is 13.5 Å². The number of hydrogen-bond acceptors (Lipinski definition) is 4. The van der Waals surface area contributed by atoms with Gasteiger partial charge in [0, 0.05) is 38.8 Å². The number of nitrogens with one attached hydrogen (secondary N) is 1. The maximum absolute atomic E-state index is 13.5. The van der Waals surface area contributed by atoms with Crippen molar-refractivity contribution in [1.82, 2.24) is 14.8 Å². The average Bonchev–Trinajstić information content (AvgIpc) is 2.53. The lowest BCUT2D eigenvalue weighted by Gasteiger charge is -2.37. The smallest absolute Gasteiger partial charge is 0.253 e. The molecule has 1 saturated heterocycles. The van der Waals surface area contributed by atoms with Gasteiger partial charge in [0.05, 0.1) is 0 Å². The van der Waals surface area contributed by atoms with Gasteiger partial charge in [-0.2, -0.15) is 22.5 Å². The third kappa shape index (κ3) is 3.67. The van der Waals surface area contributed by atoms with Crippen LogP contribution in [0.2, 0.25) is 0 Å². The third-order valence-electron chi connectivity index (χ3n) is 4.05. The zero-order valence-electron chi connectivity index (χ0n) is 12.7. The van der Waals surface area contributed by atoms with Gasteiger partial charge in [0.1, 0.15) is 5.69 Å². The summed E-state index contributed by atoms with van der Waals surface area (Å²) in [5, 5.41) is 2.46. The van der Waals surface area contributed by atoms with Crippen molar-refractivity contribution in [3.8, 4) is 0 Å². The number of nitrogens with zero attached hydrogens (tertiary/aromatic N) is 3. The second-order valence-corrected chi connectivity index (χ2v) is 5.40. The van der Waals surface area contributed by atoms with Crippen LogP contribution in [-0.4, -0.2) is 60.1 Å². The van der Waals surface area contributed by atoms with E-state index in [-0.39, 0.29) is 12.6 Å². The first-order chi connectivity index (χ1) is 10.4.